The quantitative estimate of drug-likeness (QED) is 0.752. The molecule has 2 fully saturated rings. The Labute approximate surface area is 152 Å². The summed E-state index contributed by atoms with van der Waals surface area (Å²) in [6.45, 7) is 5.50. The zero-order valence-electron chi connectivity index (χ0n) is 14.1. The van der Waals surface area contributed by atoms with Crippen molar-refractivity contribution in [2.75, 3.05) is 13.1 Å². The average Bonchev–Trinajstić information content (AvgIpc) is 2.86. The van der Waals surface area contributed by atoms with Crippen LogP contribution in [-0.4, -0.2) is 48.8 Å². The second kappa shape index (κ2) is 7.02. The van der Waals surface area contributed by atoms with Crippen LogP contribution in [0.1, 0.15) is 39.5 Å². The van der Waals surface area contributed by atoms with Crippen molar-refractivity contribution in [3.05, 3.63) is 28.5 Å². The van der Waals surface area contributed by atoms with Gasteiger partial charge in [-0.25, -0.2) is 12.8 Å². The van der Waals surface area contributed by atoms with E-state index in [4.69, 9.17) is 0 Å². The second-order valence-corrected chi connectivity index (χ2v) is 9.72. The van der Waals surface area contributed by atoms with Gasteiger partial charge < -0.3 is 0 Å². The molecule has 2 heterocycles. The molecule has 24 heavy (non-hydrogen) atoms. The van der Waals surface area contributed by atoms with E-state index in [1.807, 2.05) is 0 Å². The first-order valence-corrected chi connectivity index (χ1v) is 10.8. The highest BCUT2D eigenvalue weighted by molar-refractivity contribution is 9.10. The van der Waals surface area contributed by atoms with Gasteiger partial charge in [-0.3, -0.25) is 4.90 Å². The van der Waals surface area contributed by atoms with Crippen LogP contribution < -0.4 is 0 Å². The number of likely N-dealkylation sites (tertiary alicyclic amines) is 1. The van der Waals surface area contributed by atoms with Crippen molar-refractivity contribution >= 4 is 26.0 Å². The van der Waals surface area contributed by atoms with Gasteiger partial charge in [0.1, 0.15) is 5.82 Å². The Bertz CT molecular complexity index is 703. The molecule has 2 aliphatic heterocycles. The van der Waals surface area contributed by atoms with Gasteiger partial charge in [0, 0.05) is 35.7 Å². The van der Waals surface area contributed by atoms with Gasteiger partial charge in [0.2, 0.25) is 10.0 Å². The summed E-state index contributed by atoms with van der Waals surface area (Å²) in [4.78, 5) is 2.63. The molecule has 0 aliphatic carbocycles. The lowest BCUT2D eigenvalue weighted by Gasteiger charge is -2.41. The third kappa shape index (κ3) is 3.41. The van der Waals surface area contributed by atoms with Crippen LogP contribution >= 0.6 is 15.9 Å². The van der Waals surface area contributed by atoms with Crippen LogP contribution in [-0.2, 0) is 10.0 Å². The van der Waals surface area contributed by atoms with Crippen molar-refractivity contribution in [2.45, 2.75) is 62.6 Å². The predicted octanol–water partition coefficient (Wildman–Crippen LogP) is 3.61. The van der Waals surface area contributed by atoms with E-state index < -0.39 is 15.8 Å². The Kier molecular flexibility index (Phi) is 5.35. The topological polar surface area (TPSA) is 40.6 Å². The molecule has 1 aromatic rings. The number of sulfonamides is 1. The highest BCUT2D eigenvalue weighted by Gasteiger charge is 2.38. The monoisotopic (exact) mass is 418 g/mol. The lowest BCUT2D eigenvalue weighted by atomic mass is 10.0. The summed E-state index contributed by atoms with van der Waals surface area (Å²) in [5.41, 5.74) is 0. The first kappa shape index (κ1) is 18.3. The number of halogens is 2. The smallest absolute Gasteiger partial charge is 0.244 e. The maximum Gasteiger partial charge on any atom is 0.244 e. The normalized spacial score (nSPS) is 29.9. The molecule has 0 N–H and O–H groups in total. The summed E-state index contributed by atoms with van der Waals surface area (Å²) in [6.07, 6.45) is 4.24. The molecule has 0 aromatic heterocycles. The third-order valence-electron chi connectivity index (χ3n) is 5.31. The number of benzene rings is 1. The fourth-order valence-corrected chi connectivity index (χ4v) is 6.67. The van der Waals surface area contributed by atoms with Crippen molar-refractivity contribution in [1.29, 1.82) is 0 Å². The molecular weight excluding hydrogens is 395 g/mol. The van der Waals surface area contributed by atoms with Crippen molar-refractivity contribution in [1.82, 2.24) is 9.21 Å². The van der Waals surface area contributed by atoms with Crippen LogP contribution in [0.5, 0.6) is 0 Å². The van der Waals surface area contributed by atoms with Crippen LogP contribution in [0.15, 0.2) is 27.6 Å². The van der Waals surface area contributed by atoms with Gasteiger partial charge in [-0.1, -0.05) is 0 Å². The molecular formula is C17H24BrFN2O2S. The van der Waals surface area contributed by atoms with E-state index in [1.54, 1.807) is 4.31 Å². The minimum absolute atomic E-state index is 0.145. The van der Waals surface area contributed by atoms with Crippen LogP contribution in [0.25, 0.3) is 0 Å². The molecule has 0 spiro atoms. The molecule has 3 atom stereocenters. The number of rotatable bonds is 3. The Morgan fingerprint density at radius 2 is 1.83 bits per heavy atom. The molecule has 3 unspecified atom stereocenters. The molecule has 2 saturated heterocycles. The number of hydrogen-bond donors (Lipinski definition) is 0. The Morgan fingerprint density at radius 1 is 1.17 bits per heavy atom. The zero-order chi connectivity index (χ0) is 17.5. The molecule has 0 amide bonds. The van der Waals surface area contributed by atoms with Crippen LogP contribution in [0, 0.1) is 5.82 Å². The maximum atomic E-state index is 13.3. The predicted molar refractivity (Wildman–Crippen MR) is 95.9 cm³/mol. The van der Waals surface area contributed by atoms with E-state index in [9.17, 15) is 12.8 Å². The molecule has 7 heteroatoms. The Hall–Kier alpha value is -0.500. The molecule has 4 nitrogen and oxygen atoms in total. The molecule has 1 aromatic carbocycles. The van der Waals surface area contributed by atoms with E-state index in [0.29, 0.717) is 25.2 Å². The second-order valence-electron chi connectivity index (χ2n) is 6.96. The van der Waals surface area contributed by atoms with Gasteiger partial charge in [0.15, 0.2) is 0 Å². The zero-order valence-corrected chi connectivity index (χ0v) is 16.5. The maximum absolute atomic E-state index is 13.3. The lowest BCUT2D eigenvalue weighted by molar-refractivity contribution is 0.0979. The molecule has 134 valence electrons. The van der Waals surface area contributed by atoms with Gasteiger partial charge in [0.05, 0.1) is 4.90 Å². The van der Waals surface area contributed by atoms with E-state index in [0.717, 1.165) is 12.8 Å². The SMILES string of the molecule is CC1CCC(C)N1C1CCCN(S(=O)(=O)c2ccc(F)cc2Br)C1. The van der Waals surface area contributed by atoms with Crippen molar-refractivity contribution < 1.29 is 12.8 Å². The first-order valence-electron chi connectivity index (χ1n) is 8.53. The van der Waals surface area contributed by atoms with Crippen LogP contribution in [0.2, 0.25) is 0 Å². The number of piperidine rings is 1. The molecule has 0 radical (unpaired) electrons. The van der Waals surface area contributed by atoms with Gasteiger partial charge in [0.25, 0.3) is 0 Å². The van der Waals surface area contributed by atoms with Crippen molar-refractivity contribution in [2.24, 2.45) is 0 Å². The fraction of sp³-hybridized carbons (Fsp3) is 0.647. The van der Waals surface area contributed by atoms with Gasteiger partial charge in [-0.15, -0.1) is 0 Å². The van der Waals surface area contributed by atoms with E-state index >= 15 is 0 Å². The Morgan fingerprint density at radius 3 is 2.46 bits per heavy atom. The van der Waals surface area contributed by atoms with Crippen LogP contribution in [0.4, 0.5) is 4.39 Å². The van der Waals surface area contributed by atoms with E-state index in [-0.39, 0.29) is 15.4 Å². The minimum Gasteiger partial charge on any atom is -0.294 e. The van der Waals surface area contributed by atoms with Gasteiger partial charge in [-0.2, -0.15) is 4.31 Å². The Balaban J connectivity index is 1.83. The van der Waals surface area contributed by atoms with Gasteiger partial charge >= 0.3 is 0 Å². The van der Waals surface area contributed by atoms with Gasteiger partial charge in [-0.05, 0) is 73.7 Å². The summed E-state index contributed by atoms with van der Waals surface area (Å²) < 4.78 is 41.1. The molecule has 2 aliphatic rings. The summed E-state index contributed by atoms with van der Waals surface area (Å²) >= 11 is 3.19. The van der Waals surface area contributed by atoms with Crippen molar-refractivity contribution in [3.63, 3.8) is 0 Å². The first-order chi connectivity index (χ1) is 11.3. The fourth-order valence-electron chi connectivity index (χ4n) is 4.14. The van der Waals surface area contributed by atoms with Crippen molar-refractivity contribution in [3.8, 4) is 0 Å². The summed E-state index contributed by atoms with van der Waals surface area (Å²) in [6, 6.07) is 5.03. The molecule has 0 bridgehead atoms. The average molecular weight is 419 g/mol. The minimum atomic E-state index is -3.61. The lowest BCUT2D eigenvalue weighted by Crippen LogP contribution is -2.52. The third-order valence-corrected chi connectivity index (χ3v) is 8.15. The van der Waals surface area contributed by atoms with Crippen LogP contribution in [0.3, 0.4) is 0 Å². The molecule has 3 rings (SSSR count). The highest BCUT2D eigenvalue weighted by Crippen LogP contribution is 2.33. The molecule has 0 saturated carbocycles. The summed E-state index contributed by atoms with van der Waals surface area (Å²) in [7, 11) is -3.61. The van der Waals surface area contributed by atoms with E-state index in [2.05, 4.69) is 34.7 Å². The highest BCUT2D eigenvalue weighted by atomic mass is 79.9. The number of hydrogen-bond acceptors (Lipinski definition) is 3. The summed E-state index contributed by atoms with van der Waals surface area (Å²) in [5, 5.41) is 0. The van der Waals surface area contributed by atoms with E-state index in [1.165, 1.54) is 31.0 Å². The summed E-state index contributed by atoms with van der Waals surface area (Å²) in [5.74, 6) is -0.447. The standard InChI is InChI=1S/C17H24BrFN2O2S/c1-12-5-6-13(2)21(12)15-4-3-9-20(11-15)24(22,23)17-8-7-14(19)10-16(17)18/h7-8,10,12-13,15H,3-6,9,11H2,1-2H3. The number of nitrogens with zero attached hydrogens (tertiary/aromatic N) is 2. The largest absolute Gasteiger partial charge is 0.294 e.